The van der Waals surface area contributed by atoms with E-state index in [1.807, 2.05) is 17.8 Å². The van der Waals surface area contributed by atoms with Crippen LogP contribution in [-0.4, -0.2) is 9.55 Å². The molecule has 0 bridgehead atoms. The Labute approximate surface area is 85.9 Å². The van der Waals surface area contributed by atoms with Crippen LogP contribution in [0.2, 0.25) is 0 Å². The molecule has 0 unspecified atom stereocenters. The monoisotopic (exact) mass is 436 g/mol. The van der Waals surface area contributed by atoms with Gasteiger partial charge < -0.3 is 19.4 Å². The van der Waals surface area contributed by atoms with Gasteiger partial charge in [-0.05, 0) is 0 Å². The second-order valence-corrected chi connectivity index (χ2v) is 1.23. The molecular formula is C6H12AuIN2-2. The van der Waals surface area contributed by atoms with E-state index in [0.717, 1.165) is 0 Å². The molecule has 0 aromatic carbocycles. The average molecular weight is 436 g/mol. The van der Waals surface area contributed by atoms with Crippen molar-refractivity contribution in [1.82, 2.24) is 9.55 Å². The predicted octanol–water partition coefficient (Wildman–Crippen LogP) is 2.20. The number of halogens is 1. The van der Waals surface area contributed by atoms with Gasteiger partial charge in [-0.25, -0.2) is 4.98 Å². The fourth-order valence-corrected chi connectivity index (χ4v) is 0.326. The van der Waals surface area contributed by atoms with Gasteiger partial charge in [0.05, 0.1) is 6.33 Å². The molecule has 0 aliphatic rings. The van der Waals surface area contributed by atoms with Gasteiger partial charge in [0.15, 0.2) is 0 Å². The predicted molar refractivity (Wildman–Crippen MR) is 50.1 cm³/mol. The summed E-state index contributed by atoms with van der Waals surface area (Å²) in [6.07, 6.45) is 5.39. The van der Waals surface area contributed by atoms with Crippen molar-refractivity contribution in [2.45, 2.75) is 0 Å². The van der Waals surface area contributed by atoms with Crippen LogP contribution in [0.25, 0.3) is 0 Å². The average Bonchev–Trinajstić information content (AvgIpc) is 2.24. The first kappa shape index (κ1) is 17.0. The molecule has 0 radical (unpaired) electrons. The topological polar surface area (TPSA) is 17.8 Å². The Morgan fingerprint density at radius 3 is 2.00 bits per heavy atom. The molecule has 0 aliphatic heterocycles. The van der Waals surface area contributed by atoms with Gasteiger partial charge in [0, 0.05) is 19.4 Å². The van der Waals surface area contributed by atoms with Gasteiger partial charge in [0.1, 0.15) is 0 Å². The molecule has 1 aromatic rings. The summed E-state index contributed by atoms with van der Waals surface area (Å²) in [5.74, 6) is 0. The summed E-state index contributed by atoms with van der Waals surface area (Å²) < 4.78 is 1.89. The van der Waals surface area contributed by atoms with Gasteiger partial charge in [0.25, 0.3) is 0 Å². The second kappa shape index (κ2) is 12.4. The minimum absolute atomic E-state index is 0. The van der Waals surface area contributed by atoms with Crippen LogP contribution in [0.1, 0.15) is 0 Å². The van der Waals surface area contributed by atoms with Crippen LogP contribution in [0.3, 0.4) is 0 Å². The van der Waals surface area contributed by atoms with E-state index in [1.165, 1.54) is 0 Å². The van der Waals surface area contributed by atoms with Crippen LogP contribution < -0.4 is 0 Å². The maximum atomic E-state index is 3.78. The normalized spacial score (nSPS) is 6.00. The molecule has 2 nitrogen and oxygen atoms in total. The Balaban J connectivity index is -0.000000114. The Morgan fingerprint density at radius 1 is 1.40 bits per heavy atom. The first-order valence-electron chi connectivity index (χ1n) is 1.93. The van der Waals surface area contributed by atoms with Crippen molar-refractivity contribution >= 4 is 19.0 Å². The molecule has 10 heavy (non-hydrogen) atoms. The number of aryl methyl sites for hydroxylation is 1. The van der Waals surface area contributed by atoms with Crippen LogP contribution >= 0.6 is 19.0 Å². The molecule has 0 spiro atoms. The number of imidazole rings is 1. The molecule has 0 atom stereocenters. The molecule has 0 N–H and O–H groups in total. The van der Waals surface area contributed by atoms with E-state index in [4.69, 9.17) is 0 Å². The molecule has 0 aliphatic carbocycles. The number of hydrogen-bond acceptors (Lipinski definition) is 1. The van der Waals surface area contributed by atoms with Crippen LogP contribution in [0.15, 0.2) is 18.7 Å². The van der Waals surface area contributed by atoms with Crippen LogP contribution in [-0.2, 0) is 24.3 Å². The molecule has 1 heterocycles. The third-order valence-electron chi connectivity index (χ3n) is 0.637. The van der Waals surface area contributed by atoms with Crippen LogP contribution in [0.5, 0.6) is 0 Å². The van der Waals surface area contributed by atoms with E-state index < -0.39 is 0 Å². The first-order valence-corrected chi connectivity index (χ1v) is 8.07. The molecule has 0 saturated heterocycles. The van der Waals surface area contributed by atoms with E-state index in [0.29, 0.717) is 0 Å². The first-order chi connectivity index (χ1) is 3.89. The molecule has 1 rings (SSSR count). The zero-order valence-corrected chi connectivity index (χ0v) is 10.6. The SMILES string of the molecule is Cn1ccnc1.[CH3-].[CH3-].[I][Au]. The van der Waals surface area contributed by atoms with E-state index in [-0.39, 0.29) is 14.9 Å². The number of hydrogen-bond donors (Lipinski definition) is 0. The minimum atomic E-state index is 0. The molecule has 0 saturated carbocycles. The molecule has 0 amide bonds. The molecule has 1 aromatic heterocycles. The standard InChI is InChI=1S/C4H6N2.2CH3.Au.HI/c1-6-3-2-5-4-6;;;;/h2-4H,1H3;2*1H3;;1H/q;2*-1;+1;/p-1. The quantitative estimate of drug-likeness (QED) is 0.347. The van der Waals surface area contributed by atoms with Crippen molar-refractivity contribution in [3.8, 4) is 0 Å². The maximum absolute atomic E-state index is 3.78. The number of aromatic nitrogens is 2. The zero-order chi connectivity index (χ0) is 6.41. The van der Waals surface area contributed by atoms with Crippen molar-refractivity contribution in [2.24, 2.45) is 7.05 Å². The molecular weight excluding hydrogens is 424 g/mol. The number of nitrogens with zero attached hydrogens (tertiary/aromatic N) is 2. The van der Waals surface area contributed by atoms with E-state index in [2.05, 4.69) is 41.3 Å². The number of rotatable bonds is 0. The Kier molecular flexibility index (Phi) is 21.0. The van der Waals surface area contributed by atoms with Crippen molar-refractivity contribution in [3.63, 3.8) is 0 Å². The third kappa shape index (κ3) is 8.68. The molecule has 66 valence electrons. The van der Waals surface area contributed by atoms with Gasteiger partial charge in [-0.3, -0.25) is 0 Å². The summed E-state index contributed by atoms with van der Waals surface area (Å²) in [5, 5.41) is 0. The molecule has 0 fully saturated rings. The van der Waals surface area contributed by atoms with Crippen LogP contribution in [0.4, 0.5) is 0 Å². The second-order valence-electron chi connectivity index (χ2n) is 1.23. The fourth-order valence-electron chi connectivity index (χ4n) is 0.326. The van der Waals surface area contributed by atoms with E-state index in [9.17, 15) is 0 Å². The van der Waals surface area contributed by atoms with Gasteiger partial charge >= 0.3 is 36.3 Å². The van der Waals surface area contributed by atoms with Crippen LogP contribution in [0, 0.1) is 14.9 Å². The zero-order valence-electron chi connectivity index (χ0n) is 6.31. The Bertz CT molecular complexity index is 119. The van der Waals surface area contributed by atoms with Gasteiger partial charge in [-0.2, -0.15) is 0 Å². The fraction of sp³-hybridized carbons (Fsp3) is 0.167. The summed E-state index contributed by atoms with van der Waals surface area (Å²) in [6.45, 7) is 0. The van der Waals surface area contributed by atoms with Crippen molar-refractivity contribution in [2.75, 3.05) is 0 Å². The Morgan fingerprint density at radius 2 is 1.90 bits per heavy atom. The van der Waals surface area contributed by atoms with Crippen molar-refractivity contribution < 1.29 is 17.3 Å². The summed E-state index contributed by atoms with van der Waals surface area (Å²) in [6, 6.07) is 0. The van der Waals surface area contributed by atoms with Gasteiger partial charge in [-0.1, -0.05) is 0 Å². The van der Waals surface area contributed by atoms with Gasteiger partial charge in [-0.15, -0.1) is 0 Å². The summed E-state index contributed by atoms with van der Waals surface area (Å²) in [5.41, 5.74) is 0. The van der Waals surface area contributed by atoms with E-state index >= 15 is 0 Å². The van der Waals surface area contributed by atoms with E-state index in [1.54, 1.807) is 12.5 Å². The van der Waals surface area contributed by atoms with Crippen molar-refractivity contribution in [1.29, 1.82) is 0 Å². The van der Waals surface area contributed by atoms with Crippen molar-refractivity contribution in [3.05, 3.63) is 33.6 Å². The molecule has 4 heteroatoms. The summed E-state index contributed by atoms with van der Waals surface area (Å²) >= 11 is 4.34. The third-order valence-corrected chi connectivity index (χ3v) is 0.637. The summed E-state index contributed by atoms with van der Waals surface area (Å²) in [4.78, 5) is 3.78. The summed E-state index contributed by atoms with van der Waals surface area (Å²) in [7, 11) is 1.94. The van der Waals surface area contributed by atoms with Gasteiger partial charge in [0.2, 0.25) is 0 Å². The Hall–Kier alpha value is 0.680.